The van der Waals surface area contributed by atoms with Gasteiger partial charge in [0.05, 0.1) is 16.5 Å². The largest absolute Gasteiger partial charge is 0.426 e. The molecule has 0 radical (unpaired) electrons. The summed E-state index contributed by atoms with van der Waals surface area (Å²) in [5.74, 6) is -2.13. The van der Waals surface area contributed by atoms with Gasteiger partial charge >= 0.3 is 5.97 Å². The van der Waals surface area contributed by atoms with Gasteiger partial charge in [-0.3, -0.25) is 14.4 Å². The van der Waals surface area contributed by atoms with Gasteiger partial charge in [0, 0.05) is 19.2 Å². The monoisotopic (exact) mass is 440 g/mol. The van der Waals surface area contributed by atoms with E-state index in [0.717, 1.165) is 16.7 Å². The molecular weight excluding hydrogens is 416 g/mol. The first-order valence-electron chi connectivity index (χ1n) is 10.7. The molecule has 0 aliphatic heterocycles. The van der Waals surface area contributed by atoms with Crippen LogP contribution in [0.2, 0.25) is 0 Å². The number of esters is 1. The number of fused-ring (bicyclic) bond motifs is 1. The van der Waals surface area contributed by atoms with Crippen LogP contribution in [-0.4, -0.2) is 22.2 Å². The highest BCUT2D eigenvalue weighted by Gasteiger charge is 2.27. The maximum atomic E-state index is 12.9. The highest BCUT2D eigenvalue weighted by atomic mass is 16.5. The Morgan fingerprint density at radius 2 is 1.61 bits per heavy atom. The Labute approximate surface area is 191 Å². The van der Waals surface area contributed by atoms with Crippen LogP contribution in [0.5, 0.6) is 5.75 Å². The molecule has 0 spiro atoms. The van der Waals surface area contributed by atoms with E-state index in [1.54, 1.807) is 12.1 Å². The topological polar surface area (TPSA) is 91.4 Å². The lowest BCUT2D eigenvalue weighted by Crippen LogP contribution is -2.24. The molecule has 1 amide bonds. The van der Waals surface area contributed by atoms with Crippen molar-refractivity contribution in [1.82, 2.24) is 4.57 Å². The van der Waals surface area contributed by atoms with E-state index in [4.69, 9.17) is 10.5 Å². The third kappa shape index (κ3) is 4.15. The van der Waals surface area contributed by atoms with Crippen molar-refractivity contribution >= 4 is 28.6 Å². The average Bonchev–Trinajstić information content (AvgIpc) is 3.13. The lowest BCUT2D eigenvalue weighted by molar-refractivity contribution is -0.131. The number of amides is 1. The van der Waals surface area contributed by atoms with Crippen molar-refractivity contribution < 1.29 is 19.1 Å². The van der Waals surface area contributed by atoms with Gasteiger partial charge in [0.2, 0.25) is 0 Å². The Kier molecular flexibility index (Phi) is 6.09. The number of benzene rings is 3. The van der Waals surface area contributed by atoms with Gasteiger partial charge in [-0.1, -0.05) is 67.6 Å². The number of nitrogens with zero attached hydrogens (tertiary/aromatic N) is 1. The summed E-state index contributed by atoms with van der Waals surface area (Å²) in [4.78, 5) is 36.5. The van der Waals surface area contributed by atoms with Gasteiger partial charge in [-0.05, 0) is 35.2 Å². The summed E-state index contributed by atoms with van der Waals surface area (Å²) >= 11 is 0. The molecule has 1 heterocycles. The van der Waals surface area contributed by atoms with Gasteiger partial charge in [-0.25, -0.2) is 0 Å². The molecule has 0 saturated carbocycles. The van der Waals surface area contributed by atoms with Gasteiger partial charge < -0.3 is 15.0 Å². The number of nitrogens with two attached hydrogens (primary N) is 1. The van der Waals surface area contributed by atoms with Crippen LogP contribution in [0.4, 0.5) is 0 Å². The molecule has 4 rings (SSSR count). The number of carbonyl (C=O) groups is 3. The number of Topliss-reactive ketones (excluding diaryl/α,β-unsaturated/α-hetero) is 1. The van der Waals surface area contributed by atoms with Gasteiger partial charge in [0.25, 0.3) is 11.7 Å². The fourth-order valence-electron chi connectivity index (χ4n) is 4.30. The first kappa shape index (κ1) is 22.0. The van der Waals surface area contributed by atoms with E-state index in [1.807, 2.05) is 66.1 Å². The average molecular weight is 440 g/mol. The Balaban J connectivity index is 1.97. The summed E-state index contributed by atoms with van der Waals surface area (Å²) in [6, 6.07) is 23.3. The number of ether oxygens (including phenoxy) is 1. The van der Waals surface area contributed by atoms with E-state index in [0.29, 0.717) is 29.6 Å². The van der Waals surface area contributed by atoms with Crippen molar-refractivity contribution in [2.75, 3.05) is 0 Å². The third-order valence-corrected chi connectivity index (χ3v) is 5.63. The lowest BCUT2D eigenvalue weighted by atomic mass is 9.99. The molecule has 0 fully saturated rings. The quantitative estimate of drug-likeness (QED) is 0.198. The summed E-state index contributed by atoms with van der Waals surface area (Å²) in [6.45, 7) is 3.67. The highest BCUT2D eigenvalue weighted by Crippen LogP contribution is 2.36. The molecule has 4 aromatic rings. The summed E-state index contributed by atoms with van der Waals surface area (Å²) in [6.07, 6.45) is 0.482. The summed E-state index contributed by atoms with van der Waals surface area (Å²) in [5.41, 5.74) is 10.1. The van der Waals surface area contributed by atoms with Crippen molar-refractivity contribution in [3.05, 3.63) is 89.6 Å². The SMILES string of the molecule is CCc1c(C(=O)C(N)=O)c2c(OC(C)=O)cccc2n1Cc1ccccc1-c1ccccc1. The van der Waals surface area contributed by atoms with Gasteiger partial charge in [-0.2, -0.15) is 0 Å². The van der Waals surface area contributed by atoms with E-state index in [9.17, 15) is 14.4 Å². The molecule has 33 heavy (non-hydrogen) atoms. The molecule has 2 N–H and O–H groups in total. The zero-order chi connectivity index (χ0) is 23.5. The minimum atomic E-state index is -1.05. The van der Waals surface area contributed by atoms with E-state index in [1.165, 1.54) is 6.92 Å². The van der Waals surface area contributed by atoms with Crippen LogP contribution >= 0.6 is 0 Å². The highest BCUT2D eigenvalue weighted by molar-refractivity contribution is 6.45. The predicted molar refractivity (Wildman–Crippen MR) is 127 cm³/mol. The molecule has 0 aliphatic rings. The number of hydrogen-bond donors (Lipinski definition) is 1. The number of primary amides is 1. The second-order valence-corrected chi connectivity index (χ2v) is 7.72. The summed E-state index contributed by atoms with van der Waals surface area (Å²) < 4.78 is 7.40. The van der Waals surface area contributed by atoms with E-state index in [-0.39, 0.29) is 11.3 Å². The maximum absolute atomic E-state index is 12.9. The third-order valence-electron chi connectivity index (χ3n) is 5.63. The van der Waals surface area contributed by atoms with Crippen LogP contribution in [0.1, 0.15) is 35.5 Å². The second kappa shape index (κ2) is 9.12. The minimum absolute atomic E-state index is 0.189. The number of carbonyl (C=O) groups excluding carboxylic acids is 3. The number of rotatable bonds is 7. The van der Waals surface area contributed by atoms with Crippen LogP contribution in [0, 0.1) is 0 Å². The summed E-state index contributed by atoms with van der Waals surface area (Å²) in [7, 11) is 0. The number of aromatic nitrogens is 1. The van der Waals surface area contributed by atoms with Crippen molar-refractivity contribution in [3.8, 4) is 16.9 Å². The fourth-order valence-corrected chi connectivity index (χ4v) is 4.30. The van der Waals surface area contributed by atoms with Crippen molar-refractivity contribution in [2.24, 2.45) is 5.73 Å². The predicted octanol–water partition coefficient (Wildman–Crippen LogP) is 4.51. The second-order valence-electron chi connectivity index (χ2n) is 7.72. The summed E-state index contributed by atoms with van der Waals surface area (Å²) in [5, 5.41) is 0.422. The van der Waals surface area contributed by atoms with Crippen LogP contribution < -0.4 is 10.5 Å². The molecule has 6 nitrogen and oxygen atoms in total. The molecule has 166 valence electrons. The molecular formula is C27H24N2O4. The van der Waals surface area contributed by atoms with E-state index >= 15 is 0 Å². The van der Waals surface area contributed by atoms with E-state index < -0.39 is 17.7 Å². The number of hydrogen-bond acceptors (Lipinski definition) is 4. The van der Waals surface area contributed by atoms with Crippen LogP contribution in [0.25, 0.3) is 22.0 Å². The number of ketones is 1. The van der Waals surface area contributed by atoms with Crippen LogP contribution in [0.15, 0.2) is 72.8 Å². The molecule has 0 bridgehead atoms. The Bertz CT molecular complexity index is 1370. The first-order chi connectivity index (χ1) is 15.9. The molecule has 1 aromatic heterocycles. The molecule has 6 heteroatoms. The standard InChI is InChI=1S/C27H24N2O4/c1-3-21-25(26(31)27(28)32)24-22(14-9-15-23(24)33-17(2)30)29(21)16-19-12-7-8-13-20(19)18-10-5-4-6-11-18/h4-15H,3,16H2,1-2H3,(H2,28,32). The van der Waals surface area contributed by atoms with Gasteiger partial charge in [0.1, 0.15) is 5.75 Å². The minimum Gasteiger partial charge on any atom is -0.426 e. The molecule has 3 aromatic carbocycles. The Morgan fingerprint density at radius 1 is 0.909 bits per heavy atom. The fraction of sp³-hybridized carbons (Fsp3) is 0.148. The van der Waals surface area contributed by atoms with Crippen LogP contribution in [-0.2, 0) is 22.6 Å². The lowest BCUT2D eigenvalue weighted by Gasteiger charge is -2.14. The van der Waals surface area contributed by atoms with Crippen molar-refractivity contribution in [2.45, 2.75) is 26.8 Å². The zero-order valence-corrected chi connectivity index (χ0v) is 18.5. The molecule has 0 saturated heterocycles. The van der Waals surface area contributed by atoms with Crippen molar-refractivity contribution in [1.29, 1.82) is 0 Å². The normalized spacial score (nSPS) is 10.8. The smallest absolute Gasteiger partial charge is 0.308 e. The molecule has 0 unspecified atom stereocenters. The van der Waals surface area contributed by atoms with Gasteiger partial charge in [0.15, 0.2) is 0 Å². The zero-order valence-electron chi connectivity index (χ0n) is 18.5. The first-order valence-corrected chi connectivity index (χ1v) is 10.7. The Hall–Kier alpha value is -4.19. The van der Waals surface area contributed by atoms with Crippen molar-refractivity contribution in [3.63, 3.8) is 0 Å². The Morgan fingerprint density at radius 3 is 2.27 bits per heavy atom. The van der Waals surface area contributed by atoms with Crippen LogP contribution in [0.3, 0.4) is 0 Å². The van der Waals surface area contributed by atoms with Gasteiger partial charge in [-0.15, -0.1) is 0 Å². The molecule has 0 atom stereocenters. The maximum Gasteiger partial charge on any atom is 0.308 e. The molecule has 0 aliphatic carbocycles. The van der Waals surface area contributed by atoms with E-state index in [2.05, 4.69) is 6.07 Å².